The van der Waals surface area contributed by atoms with Crippen LogP contribution >= 0.6 is 0 Å². The zero-order chi connectivity index (χ0) is 10.6. The SMILES string of the molecule is CNC(C)Cc1ncccc1[N+](=O)[O-]. The van der Waals surface area contributed by atoms with Gasteiger partial charge in [-0.2, -0.15) is 0 Å². The third kappa shape index (κ3) is 2.50. The van der Waals surface area contributed by atoms with Crippen molar-refractivity contribution in [2.75, 3.05) is 7.05 Å². The Morgan fingerprint density at radius 2 is 2.43 bits per heavy atom. The lowest BCUT2D eigenvalue weighted by Crippen LogP contribution is -2.24. The van der Waals surface area contributed by atoms with E-state index in [0.717, 1.165) is 0 Å². The Hall–Kier alpha value is -1.49. The number of nitrogens with zero attached hydrogens (tertiary/aromatic N) is 2. The van der Waals surface area contributed by atoms with E-state index in [1.807, 2.05) is 14.0 Å². The molecule has 14 heavy (non-hydrogen) atoms. The number of pyridine rings is 1. The van der Waals surface area contributed by atoms with Gasteiger partial charge in [0.25, 0.3) is 5.69 Å². The summed E-state index contributed by atoms with van der Waals surface area (Å²) in [5.41, 5.74) is 0.619. The second kappa shape index (κ2) is 4.66. The molecule has 1 heterocycles. The van der Waals surface area contributed by atoms with Crippen LogP contribution in [0.25, 0.3) is 0 Å². The zero-order valence-corrected chi connectivity index (χ0v) is 8.23. The molecule has 1 atom stereocenters. The quantitative estimate of drug-likeness (QED) is 0.577. The third-order valence-corrected chi connectivity index (χ3v) is 2.06. The third-order valence-electron chi connectivity index (χ3n) is 2.06. The molecule has 1 aromatic heterocycles. The van der Waals surface area contributed by atoms with Crippen molar-refractivity contribution in [3.63, 3.8) is 0 Å². The summed E-state index contributed by atoms with van der Waals surface area (Å²) in [6.07, 6.45) is 2.14. The molecule has 0 fully saturated rings. The maximum absolute atomic E-state index is 10.6. The van der Waals surface area contributed by atoms with Crippen LogP contribution in [0, 0.1) is 10.1 Å². The number of nitro groups is 1. The molecule has 76 valence electrons. The van der Waals surface area contributed by atoms with Crippen molar-refractivity contribution in [3.05, 3.63) is 34.1 Å². The first-order valence-electron chi connectivity index (χ1n) is 4.40. The topological polar surface area (TPSA) is 68.1 Å². The van der Waals surface area contributed by atoms with Gasteiger partial charge < -0.3 is 5.32 Å². The summed E-state index contributed by atoms with van der Waals surface area (Å²) in [5.74, 6) is 0. The van der Waals surface area contributed by atoms with Gasteiger partial charge in [0.05, 0.1) is 4.92 Å². The minimum atomic E-state index is -0.398. The van der Waals surface area contributed by atoms with Crippen molar-refractivity contribution < 1.29 is 4.92 Å². The summed E-state index contributed by atoms with van der Waals surface area (Å²) in [5, 5.41) is 13.7. The van der Waals surface area contributed by atoms with Gasteiger partial charge in [-0.25, -0.2) is 0 Å². The van der Waals surface area contributed by atoms with E-state index in [2.05, 4.69) is 10.3 Å². The van der Waals surface area contributed by atoms with Crippen LogP contribution in [0.3, 0.4) is 0 Å². The summed E-state index contributed by atoms with van der Waals surface area (Å²) in [6.45, 7) is 1.96. The average molecular weight is 195 g/mol. The normalized spacial score (nSPS) is 12.4. The number of hydrogen-bond donors (Lipinski definition) is 1. The van der Waals surface area contributed by atoms with Crippen molar-refractivity contribution >= 4 is 5.69 Å². The molecule has 0 aliphatic heterocycles. The molecule has 0 aliphatic rings. The fourth-order valence-electron chi connectivity index (χ4n) is 1.15. The Balaban J connectivity index is 2.90. The molecule has 0 saturated heterocycles. The van der Waals surface area contributed by atoms with Gasteiger partial charge in [-0.1, -0.05) is 0 Å². The summed E-state index contributed by atoms with van der Waals surface area (Å²) in [7, 11) is 1.82. The second-order valence-corrected chi connectivity index (χ2v) is 3.12. The number of nitrogens with one attached hydrogen (secondary N) is 1. The van der Waals surface area contributed by atoms with Gasteiger partial charge in [0.1, 0.15) is 5.69 Å². The van der Waals surface area contributed by atoms with Gasteiger partial charge in [-0.05, 0) is 20.0 Å². The van der Waals surface area contributed by atoms with Gasteiger partial charge in [-0.15, -0.1) is 0 Å². The standard InChI is InChI=1S/C9H13N3O2/c1-7(10-2)6-8-9(12(13)14)4-3-5-11-8/h3-5,7,10H,6H2,1-2H3. The van der Waals surface area contributed by atoms with Gasteiger partial charge in [0.15, 0.2) is 0 Å². The minimum absolute atomic E-state index is 0.0922. The lowest BCUT2D eigenvalue weighted by Gasteiger charge is -2.08. The Kier molecular flexibility index (Phi) is 3.53. The highest BCUT2D eigenvalue weighted by Gasteiger charge is 2.15. The predicted octanol–water partition coefficient (Wildman–Crippen LogP) is 1.14. The molecule has 0 saturated carbocycles. The summed E-state index contributed by atoms with van der Waals surface area (Å²) < 4.78 is 0. The maximum atomic E-state index is 10.6. The molecule has 0 radical (unpaired) electrons. The highest BCUT2D eigenvalue weighted by atomic mass is 16.6. The van der Waals surface area contributed by atoms with Crippen molar-refractivity contribution in [1.29, 1.82) is 0 Å². The molecule has 0 bridgehead atoms. The van der Waals surface area contributed by atoms with Crippen molar-refractivity contribution in [2.45, 2.75) is 19.4 Å². The highest BCUT2D eigenvalue weighted by Crippen LogP contribution is 2.16. The summed E-state index contributed by atoms with van der Waals surface area (Å²) >= 11 is 0. The Morgan fingerprint density at radius 3 is 3.00 bits per heavy atom. The fraction of sp³-hybridized carbons (Fsp3) is 0.444. The minimum Gasteiger partial charge on any atom is -0.317 e. The van der Waals surface area contributed by atoms with Crippen LogP contribution in [0.4, 0.5) is 5.69 Å². The van der Waals surface area contributed by atoms with E-state index >= 15 is 0 Å². The van der Waals surface area contributed by atoms with Crippen LogP contribution in [-0.4, -0.2) is 23.0 Å². The van der Waals surface area contributed by atoms with Gasteiger partial charge in [0, 0.05) is 24.7 Å². The number of aromatic nitrogens is 1. The number of rotatable bonds is 4. The molecular weight excluding hydrogens is 182 g/mol. The molecule has 0 amide bonds. The van der Waals surface area contributed by atoms with Gasteiger partial charge in [0.2, 0.25) is 0 Å². The van der Waals surface area contributed by atoms with Crippen LogP contribution in [0.15, 0.2) is 18.3 Å². The fourth-order valence-corrected chi connectivity index (χ4v) is 1.15. The van der Waals surface area contributed by atoms with Crippen molar-refractivity contribution in [3.8, 4) is 0 Å². The van der Waals surface area contributed by atoms with Crippen molar-refractivity contribution in [1.82, 2.24) is 10.3 Å². The van der Waals surface area contributed by atoms with Crippen LogP contribution < -0.4 is 5.32 Å². The molecule has 0 aliphatic carbocycles. The predicted molar refractivity (Wildman–Crippen MR) is 53.1 cm³/mol. The van der Waals surface area contributed by atoms with E-state index in [9.17, 15) is 10.1 Å². The first-order valence-corrected chi connectivity index (χ1v) is 4.40. The molecule has 5 nitrogen and oxygen atoms in total. The molecule has 1 aromatic rings. The van der Waals surface area contributed by atoms with Crippen LogP contribution in [-0.2, 0) is 6.42 Å². The molecule has 1 N–H and O–H groups in total. The first kappa shape index (κ1) is 10.6. The summed E-state index contributed by atoms with van der Waals surface area (Å²) in [6, 6.07) is 3.24. The average Bonchev–Trinajstić information content (AvgIpc) is 2.18. The molecule has 1 rings (SSSR count). The Morgan fingerprint density at radius 1 is 1.71 bits per heavy atom. The van der Waals surface area contributed by atoms with E-state index in [4.69, 9.17) is 0 Å². The smallest absolute Gasteiger partial charge is 0.290 e. The summed E-state index contributed by atoms with van der Waals surface area (Å²) in [4.78, 5) is 14.2. The largest absolute Gasteiger partial charge is 0.317 e. The lowest BCUT2D eigenvalue weighted by molar-refractivity contribution is -0.386. The lowest BCUT2D eigenvalue weighted by atomic mass is 10.1. The molecule has 5 heteroatoms. The zero-order valence-electron chi connectivity index (χ0n) is 8.23. The molecule has 0 spiro atoms. The van der Waals surface area contributed by atoms with Crippen LogP contribution in [0.5, 0.6) is 0 Å². The molecule has 1 unspecified atom stereocenters. The van der Waals surface area contributed by atoms with E-state index in [0.29, 0.717) is 12.1 Å². The van der Waals surface area contributed by atoms with E-state index < -0.39 is 4.92 Å². The monoisotopic (exact) mass is 195 g/mol. The van der Waals surface area contributed by atoms with Crippen molar-refractivity contribution in [2.24, 2.45) is 0 Å². The van der Waals surface area contributed by atoms with E-state index in [1.165, 1.54) is 6.07 Å². The Bertz CT molecular complexity index is 328. The second-order valence-electron chi connectivity index (χ2n) is 3.12. The van der Waals surface area contributed by atoms with Gasteiger partial charge >= 0.3 is 0 Å². The Labute approximate surface area is 82.3 Å². The van der Waals surface area contributed by atoms with E-state index in [1.54, 1.807) is 12.3 Å². The van der Waals surface area contributed by atoms with Gasteiger partial charge in [-0.3, -0.25) is 15.1 Å². The number of hydrogen-bond acceptors (Lipinski definition) is 4. The molecule has 0 aromatic carbocycles. The van der Waals surface area contributed by atoms with E-state index in [-0.39, 0.29) is 11.7 Å². The highest BCUT2D eigenvalue weighted by molar-refractivity contribution is 5.34. The first-order chi connectivity index (χ1) is 6.65. The molecular formula is C9H13N3O2. The number of likely N-dealkylation sites (N-methyl/N-ethyl adjacent to an activating group) is 1. The maximum Gasteiger partial charge on any atom is 0.290 e. The van der Waals surface area contributed by atoms with Crippen LogP contribution in [0.1, 0.15) is 12.6 Å². The van der Waals surface area contributed by atoms with Crippen LogP contribution in [0.2, 0.25) is 0 Å².